The summed E-state index contributed by atoms with van der Waals surface area (Å²) in [4.78, 5) is 29.6. The molecule has 4 heterocycles. The Labute approximate surface area is 114 Å². The Kier molecular flexibility index (Phi) is 2.61. The van der Waals surface area contributed by atoms with E-state index in [2.05, 4.69) is 9.80 Å². The third kappa shape index (κ3) is 1.58. The van der Waals surface area contributed by atoms with Crippen molar-refractivity contribution >= 4 is 11.8 Å². The molecule has 104 valence electrons. The van der Waals surface area contributed by atoms with Crippen molar-refractivity contribution in [3.63, 3.8) is 0 Å². The smallest absolute Gasteiger partial charge is 0.228 e. The number of nitrogens with zero attached hydrogens (tertiary/aromatic N) is 2. The van der Waals surface area contributed by atoms with E-state index in [4.69, 9.17) is 0 Å². The summed E-state index contributed by atoms with van der Waals surface area (Å²) in [6, 6.07) is 0.431. The van der Waals surface area contributed by atoms with Gasteiger partial charge in [-0.2, -0.15) is 0 Å². The van der Waals surface area contributed by atoms with E-state index in [0.717, 1.165) is 45.2 Å². The van der Waals surface area contributed by atoms with Gasteiger partial charge in [0.2, 0.25) is 11.8 Å². The van der Waals surface area contributed by atoms with Gasteiger partial charge in [0.1, 0.15) is 0 Å². The topological polar surface area (TPSA) is 40.6 Å². The molecule has 4 atom stereocenters. The molecule has 0 spiro atoms. The van der Waals surface area contributed by atoms with Crippen molar-refractivity contribution in [3.05, 3.63) is 0 Å². The van der Waals surface area contributed by atoms with Crippen LogP contribution in [0.1, 0.15) is 44.9 Å². The van der Waals surface area contributed by atoms with Crippen LogP contribution in [-0.2, 0) is 9.59 Å². The van der Waals surface area contributed by atoms with E-state index in [9.17, 15) is 9.59 Å². The number of amides is 2. The van der Waals surface area contributed by atoms with Gasteiger partial charge in [0.25, 0.3) is 0 Å². The average molecular weight is 262 g/mol. The monoisotopic (exact) mass is 262 g/mol. The van der Waals surface area contributed by atoms with Gasteiger partial charge in [-0.1, -0.05) is 0 Å². The molecule has 4 fully saturated rings. The predicted molar refractivity (Wildman–Crippen MR) is 70.3 cm³/mol. The molecule has 4 heteroatoms. The first-order chi connectivity index (χ1) is 9.27. The highest BCUT2D eigenvalue weighted by Gasteiger charge is 2.54. The van der Waals surface area contributed by atoms with Gasteiger partial charge in [-0.25, -0.2) is 0 Å². The molecule has 0 radical (unpaired) electrons. The van der Waals surface area contributed by atoms with Crippen molar-refractivity contribution in [2.75, 3.05) is 13.1 Å². The second-order valence-electron chi connectivity index (χ2n) is 6.64. The maximum atomic E-state index is 12.7. The summed E-state index contributed by atoms with van der Waals surface area (Å²) in [7, 11) is 0. The maximum Gasteiger partial charge on any atom is 0.228 e. The Morgan fingerprint density at radius 3 is 1.68 bits per heavy atom. The number of piperidine rings is 4. The predicted octanol–water partition coefficient (Wildman–Crippen LogP) is 1.40. The Morgan fingerprint density at radius 2 is 1.21 bits per heavy atom. The van der Waals surface area contributed by atoms with Gasteiger partial charge in [0.05, 0.1) is 11.8 Å². The fourth-order valence-corrected chi connectivity index (χ4v) is 4.84. The summed E-state index contributed by atoms with van der Waals surface area (Å²) >= 11 is 0. The zero-order valence-electron chi connectivity index (χ0n) is 11.4. The molecule has 4 nitrogen and oxygen atoms in total. The van der Waals surface area contributed by atoms with E-state index in [-0.39, 0.29) is 23.9 Å². The molecule has 0 aliphatic carbocycles. The minimum Gasteiger partial charge on any atom is -0.339 e. The quantitative estimate of drug-likeness (QED) is 0.662. The van der Waals surface area contributed by atoms with E-state index in [1.165, 1.54) is 12.8 Å². The van der Waals surface area contributed by atoms with Gasteiger partial charge >= 0.3 is 0 Å². The molecule has 0 N–H and O–H groups in total. The highest BCUT2D eigenvalue weighted by Crippen LogP contribution is 2.43. The molecule has 0 aromatic carbocycles. The lowest BCUT2D eigenvalue weighted by molar-refractivity contribution is -0.170. The van der Waals surface area contributed by atoms with Crippen molar-refractivity contribution in [1.29, 1.82) is 0 Å². The minimum absolute atomic E-state index is 0.109. The lowest BCUT2D eigenvalue weighted by atomic mass is 9.70. The first-order valence-corrected chi connectivity index (χ1v) is 7.88. The van der Waals surface area contributed by atoms with Crippen LogP contribution in [-0.4, -0.2) is 46.8 Å². The summed E-state index contributed by atoms with van der Waals surface area (Å²) in [5.74, 6) is 0.922. The molecule has 4 rings (SSSR count). The average Bonchev–Trinajstić information content (AvgIpc) is 2.47. The minimum atomic E-state index is 0.109. The molecule has 0 saturated carbocycles. The van der Waals surface area contributed by atoms with Gasteiger partial charge in [0, 0.05) is 25.2 Å². The molecule has 19 heavy (non-hydrogen) atoms. The fourth-order valence-electron chi connectivity index (χ4n) is 4.84. The molecular weight excluding hydrogens is 240 g/mol. The van der Waals surface area contributed by atoms with Crippen molar-refractivity contribution < 1.29 is 9.59 Å². The largest absolute Gasteiger partial charge is 0.339 e. The highest BCUT2D eigenvalue weighted by atomic mass is 16.2. The van der Waals surface area contributed by atoms with Crippen LogP contribution < -0.4 is 0 Å². The lowest BCUT2D eigenvalue weighted by Gasteiger charge is -2.55. The van der Waals surface area contributed by atoms with Crippen LogP contribution in [0.4, 0.5) is 0 Å². The third-order valence-electron chi connectivity index (χ3n) is 5.74. The number of hydrogen-bond donors (Lipinski definition) is 0. The Hall–Kier alpha value is -1.06. The number of carbonyl (C=O) groups excluding carboxylic acids is 2. The third-order valence-corrected chi connectivity index (χ3v) is 5.74. The molecule has 0 aromatic heterocycles. The summed E-state index contributed by atoms with van der Waals surface area (Å²) in [5.41, 5.74) is 0. The Morgan fingerprint density at radius 1 is 0.737 bits per heavy atom. The summed E-state index contributed by atoms with van der Waals surface area (Å²) < 4.78 is 0. The van der Waals surface area contributed by atoms with Gasteiger partial charge in [0.15, 0.2) is 0 Å². The first-order valence-electron chi connectivity index (χ1n) is 7.88. The molecule has 2 bridgehead atoms. The summed E-state index contributed by atoms with van der Waals surface area (Å²) in [5, 5.41) is 0. The van der Waals surface area contributed by atoms with Crippen LogP contribution in [0.25, 0.3) is 0 Å². The second kappa shape index (κ2) is 4.22. The standard InChI is InChI=1S/C15H22N2O2/c18-14-10-9-11(13-6-2-4-8-17(13)14)15(19)16-7-3-1-5-12(10)16/h10-13H,1-9H2. The van der Waals surface area contributed by atoms with Crippen LogP contribution in [0, 0.1) is 11.8 Å². The molecule has 0 aromatic rings. The number of fused-ring (bicyclic) bond motifs is 6. The molecule has 4 aliphatic rings. The van der Waals surface area contributed by atoms with Crippen LogP contribution in [0.15, 0.2) is 0 Å². The Bertz CT molecular complexity index is 384. The number of rotatable bonds is 0. The summed E-state index contributed by atoms with van der Waals surface area (Å²) in [6.07, 6.45) is 7.48. The van der Waals surface area contributed by atoms with Crippen molar-refractivity contribution in [2.24, 2.45) is 11.8 Å². The van der Waals surface area contributed by atoms with Crippen molar-refractivity contribution in [3.8, 4) is 0 Å². The van der Waals surface area contributed by atoms with Crippen LogP contribution in [0.5, 0.6) is 0 Å². The number of carbonyl (C=O) groups is 2. The van der Waals surface area contributed by atoms with E-state index in [1.54, 1.807) is 0 Å². The van der Waals surface area contributed by atoms with Gasteiger partial charge in [-0.15, -0.1) is 0 Å². The molecule has 4 unspecified atom stereocenters. The zero-order valence-corrected chi connectivity index (χ0v) is 11.4. The van der Waals surface area contributed by atoms with E-state index < -0.39 is 0 Å². The van der Waals surface area contributed by atoms with Crippen molar-refractivity contribution in [2.45, 2.75) is 57.0 Å². The van der Waals surface area contributed by atoms with Crippen LogP contribution in [0.2, 0.25) is 0 Å². The van der Waals surface area contributed by atoms with Gasteiger partial charge in [-0.05, 0) is 44.9 Å². The number of hydrogen-bond acceptors (Lipinski definition) is 2. The molecule has 4 aliphatic heterocycles. The maximum absolute atomic E-state index is 12.7. The Balaban J connectivity index is 1.70. The van der Waals surface area contributed by atoms with E-state index in [0.29, 0.717) is 11.8 Å². The molecular formula is C15H22N2O2. The molecule has 4 saturated heterocycles. The fraction of sp³-hybridized carbons (Fsp3) is 0.867. The van der Waals surface area contributed by atoms with Crippen molar-refractivity contribution in [1.82, 2.24) is 9.80 Å². The van der Waals surface area contributed by atoms with E-state index in [1.807, 2.05) is 0 Å². The zero-order chi connectivity index (χ0) is 13.0. The second-order valence-corrected chi connectivity index (χ2v) is 6.64. The highest BCUT2D eigenvalue weighted by molar-refractivity contribution is 5.89. The SMILES string of the molecule is O=C1C2CC(C(=O)N3CCCCC23)C2CCCCN12. The normalized spacial score (nSPS) is 41.9. The van der Waals surface area contributed by atoms with E-state index >= 15 is 0 Å². The van der Waals surface area contributed by atoms with Gasteiger partial charge in [-0.3, -0.25) is 9.59 Å². The van der Waals surface area contributed by atoms with Gasteiger partial charge < -0.3 is 9.80 Å². The molecule has 2 amide bonds. The lowest BCUT2D eigenvalue weighted by Crippen LogP contribution is -2.67. The van der Waals surface area contributed by atoms with Crippen LogP contribution >= 0.6 is 0 Å². The van der Waals surface area contributed by atoms with Crippen LogP contribution in [0.3, 0.4) is 0 Å². The first kappa shape index (κ1) is 11.7. The summed E-state index contributed by atoms with van der Waals surface area (Å²) in [6.45, 7) is 1.77.